The van der Waals surface area contributed by atoms with E-state index in [1.165, 1.54) is 22.8 Å². The number of fused-ring (bicyclic) bond motifs is 1. The minimum Gasteiger partial charge on any atom is -0.444 e. The maximum absolute atomic E-state index is 14.2. The fraction of sp³-hybridized carbons (Fsp3) is 0.571. The quantitative estimate of drug-likeness (QED) is 0.395. The molecule has 0 bridgehead atoms. The van der Waals surface area contributed by atoms with Crippen molar-refractivity contribution in [2.45, 2.75) is 64.5 Å². The van der Waals surface area contributed by atoms with Crippen LogP contribution in [0.15, 0.2) is 24.3 Å². The van der Waals surface area contributed by atoms with Gasteiger partial charge in [0.25, 0.3) is 6.43 Å². The zero-order valence-corrected chi connectivity index (χ0v) is 23.5. The first-order valence-corrected chi connectivity index (χ1v) is 14.0. The number of benzene rings is 1. The third kappa shape index (κ3) is 7.19. The van der Waals surface area contributed by atoms with Crippen LogP contribution in [0.1, 0.15) is 58.7 Å². The number of nitrogens with one attached hydrogen (secondary N) is 2. The van der Waals surface area contributed by atoms with Crippen LogP contribution >= 0.6 is 0 Å². The molecular weight excluding hydrogens is 539 g/mol. The molecule has 1 aliphatic heterocycles. The fourth-order valence-electron chi connectivity index (χ4n) is 5.25. The summed E-state index contributed by atoms with van der Waals surface area (Å²) in [6, 6.07) is 5.43. The van der Waals surface area contributed by atoms with E-state index >= 15 is 0 Å². The Morgan fingerprint density at radius 1 is 1.07 bits per heavy atom. The minimum absolute atomic E-state index is 0.0521. The smallest absolute Gasteiger partial charge is 0.407 e. The van der Waals surface area contributed by atoms with Crippen molar-refractivity contribution in [2.24, 2.45) is 5.92 Å². The Hall–Kier alpha value is -3.61. The predicted octanol–water partition coefficient (Wildman–Crippen LogP) is 5.22. The molecule has 3 aromatic rings. The van der Waals surface area contributed by atoms with Crippen LogP contribution < -0.4 is 15.5 Å². The number of halogens is 3. The van der Waals surface area contributed by atoms with Gasteiger partial charge in [-0.3, -0.25) is 4.57 Å². The average molecular weight is 576 g/mol. The van der Waals surface area contributed by atoms with Gasteiger partial charge in [-0.15, -0.1) is 0 Å². The number of imidazole rings is 1. The molecule has 13 heteroatoms. The molecule has 10 nitrogen and oxygen atoms in total. The van der Waals surface area contributed by atoms with Gasteiger partial charge in [-0.05, 0) is 64.5 Å². The molecule has 0 radical (unpaired) electrons. The van der Waals surface area contributed by atoms with Gasteiger partial charge in [0.15, 0.2) is 5.82 Å². The highest BCUT2D eigenvalue weighted by atomic mass is 19.3. The molecule has 0 spiro atoms. The molecule has 1 aliphatic carbocycles. The lowest BCUT2D eigenvalue weighted by Crippen LogP contribution is -2.41. The van der Waals surface area contributed by atoms with Crippen LogP contribution in [0.4, 0.5) is 29.7 Å². The van der Waals surface area contributed by atoms with Crippen molar-refractivity contribution in [1.29, 1.82) is 0 Å². The van der Waals surface area contributed by atoms with Crippen molar-refractivity contribution in [3.05, 3.63) is 35.9 Å². The van der Waals surface area contributed by atoms with Gasteiger partial charge in [-0.1, -0.05) is 0 Å². The fourth-order valence-corrected chi connectivity index (χ4v) is 5.25. The number of ether oxygens (including phenoxy) is 2. The van der Waals surface area contributed by atoms with E-state index in [0.717, 1.165) is 25.7 Å². The van der Waals surface area contributed by atoms with Crippen LogP contribution in [0.5, 0.6) is 0 Å². The molecule has 0 atom stereocenters. The van der Waals surface area contributed by atoms with Crippen molar-refractivity contribution in [3.63, 3.8) is 0 Å². The second-order valence-electron chi connectivity index (χ2n) is 11.5. The highest BCUT2D eigenvalue weighted by molar-refractivity contribution is 5.78. The Labute approximate surface area is 236 Å². The number of amides is 1. The molecule has 5 rings (SSSR count). The Bertz CT molecular complexity index is 1360. The van der Waals surface area contributed by atoms with Gasteiger partial charge < -0.3 is 25.0 Å². The summed E-state index contributed by atoms with van der Waals surface area (Å²) in [5.74, 6) is 0.264. The summed E-state index contributed by atoms with van der Waals surface area (Å²) in [5, 5.41) is 6.25. The number of anilines is 2. The van der Waals surface area contributed by atoms with Crippen molar-refractivity contribution < 1.29 is 27.4 Å². The molecule has 3 heterocycles. The van der Waals surface area contributed by atoms with E-state index in [0.29, 0.717) is 44.6 Å². The van der Waals surface area contributed by atoms with Crippen LogP contribution in [0.25, 0.3) is 16.9 Å². The van der Waals surface area contributed by atoms with E-state index in [1.807, 2.05) is 25.7 Å². The Morgan fingerprint density at radius 3 is 2.46 bits per heavy atom. The number of carbonyl (C=O) groups excluding carboxylic acids is 1. The summed E-state index contributed by atoms with van der Waals surface area (Å²) in [6.45, 7) is 8.29. The maximum Gasteiger partial charge on any atom is 0.407 e. The van der Waals surface area contributed by atoms with E-state index in [4.69, 9.17) is 14.5 Å². The third-order valence-electron chi connectivity index (χ3n) is 7.22. The number of hydrogen-bond acceptors (Lipinski definition) is 8. The average Bonchev–Trinajstić information content (AvgIpc) is 3.31. The lowest BCUT2D eigenvalue weighted by atomic mass is 9.86. The monoisotopic (exact) mass is 575 g/mol. The molecule has 1 aromatic carbocycles. The Balaban J connectivity index is 1.35. The third-order valence-corrected chi connectivity index (χ3v) is 7.22. The standard InChI is InChI=1S/C28H36F3N7O3/c1-28(2,3)41-27(39)33-19-7-4-17(5-8-19)16-32-26-35-22(37-10-12-40-13-11-37)15-23(36-26)38-21-14-18(29)6-9-20(21)34-25(38)24(30)31/h6,9,14-15,17,19,24H,4-5,7-8,10-13,16H2,1-3H3,(H,33,39)(H,32,35,36)/t17-,19-. The van der Waals surface area contributed by atoms with Gasteiger partial charge in [0.05, 0.1) is 24.2 Å². The van der Waals surface area contributed by atoms with Crippen LogP contribution in [-0.2, 0) is 9.47 Å². The van der Waals surface area contributed by atoms with E-state index in [-0.39, 0.29) is 28.8 Å². The van der Waals surface area contributed by atoms with Gasteiger partial charge in [0.1, 0.15) is 23.1 Å². The minimum atomic E-state index is -2.90. The van der Waals surface area contributed by atoms with Gasteiger partial charge >= 0.3 is 6.09 Å². The van der Waals surface area contributed by atoms with Gasteiger partial charge in [0, 0.05) is 37.8 Å². The first-order valence-electron chi connectivity index (χ1n) is 14.0. The summed E-state index contributed by atoms with van der Waals surface area (Å²) in [4.78, 5) is 27.5. The van der Waals surface area contributed by atoms with Crippen molar-refractivity contribution in [1.82, 2.24) is 24.8 Å². The molecule has 2 N–H and O–H groups in total. The van der Waals surface area contributed by atoms with E-state index in [9.17, 15) is 18.0 Å². The highest BCUT2D eigenvalue weighted by Crippen LogP contribution is 2.30. The Kier molecular flexibility index (Phi) is 8.52. The summed E-state index contributed by atoms with van der Waals surface area (Å²) in [6.07, 6.45) is 0.0868. The number of morpholine rings is 1. The molecule has 2 aliphatic rings. The first kappa shape index (κ1) is 28.9. The molecule has 2 aromatic heterocycles. The largest absolute Gasteiger partial charge is 0.444 e. The molecule has 2 fully saturated rings. The summed E-state index contributed by atoms with van der Waals surface area (Å²) in [5.41, 5.74) is -0.0965. The van der Waals surface area contributed by atoms with Crippen molar-refractivity contribution in [3.8, 4) is 5.82 Å². The van der Waals surface area contributed by atoms with Crippen LogP contribution in [0, 0.1) is 11.7 Å². The molecular formula is C28H36F3N7O3. The number of hydrogen-bond donors (Lipinski definition) is 2. The van der Waals surface area contributed by atoms with E-state index in [2.05, 4.69) is 20.6 Å². The summed E-state index contributed by atoms with van der Waals surface area (Å²) in [7, 11) is 0. The lowest BCUT2D eigenvalue weighted by Gasteiger charge is -2.30. The molecule has 1 saturated carbocycles. The zero-order valence-electron chi connectivity index (χ0n) is 23.5. The number of aromatic nitrogens is 4. The second-order valence-corrected chi connectivity index (χ2v) is 11.5. The van der Waals surface area contributed by atoms with Crippen LogP contribution in [0.2, 0.25) is 0 Å². The van der Waals surface area contributed by atoms with Crippen LogP contribution in [-0.4, -0.2) is 70.1 Å². The first-order chi connectivity index (χ1) is 19.6. The second kappa shape index (κ2) is 12.1. The number of carbonyl (C=O) groups is 1. The molecule has 1 amide bonds. The number of nitrogens with zero attached hydrogens (tertiary/aromatic N) is 5. The van der Waals surface area contributed by atoms with Crippen molar-refractivity contribution in [2.75, 3.05) is 43.1 Å². The highest BCUT2D eigenvalue weighted by Gasteiger charge is 2.26. The summed E-state index contributed by atoms with van der Waals surface area (Å²) >= 11 is 0. The molecule has 0 unspecified atom stereocenters. The van der Waals surface area contributed by atoms with E-state index < -0.39 is 29.8 Å². The number of alkyl carbamates (subject to hydrolysis) is 1. The zero-order chi connectivity index (χ0) is 29.1. The lowest BCUT2D eigenvalue weighted by molar-refractivity contribution is 0.0488. The van der Waals surface area contributed by atoms with E-state index in [1.54, 1.807) is 6.07 Å². The summed E-state index contributed by atoms with van der Waals surface area (Å²) < 4.78 is 54.4. The van der Waals surface area contributed by atoms with Gasteiger partial charge in [-0.25, -0.2) is 22.9 Å². The van der Waals surface area contributed by atoms with Gasteiger partial charge in [-0.2, -0.15) is 9.97 Å². The molecule has 222 valence electrons. The van der Waals surface area contributed by atoms with Crippen molar-refractivity contribution >= 4 is 28.9 Å². The van der Waals surface area contributed by atoms with Gasteiger partial charge in [0.2, 0.25) is 5.95 Å². The topological polar surface area (TPSA) is 106 Å². The normalized spacial score (nSPS) is 19.9. The number of rotatable bonds is 7. The van der Waals surface area contributed by atoms with Crippen LogP contribution in [0.3, 0.4) is 0 Å². The SMILES string of the molecule is CC(C)(C)OC(=O)N[C@H]1CC[C@H](CNc2nc(N3CCOCC3)cc(-n3c(C(F)F)nc4ccc(F)cc43)n2)CC1. The predicted molar refractivity (Wildman–Crippen MR) is 148 cm³/mol. The molecule has 41 heavy (non-hydrogen) atoms. The Morgan fingerprint density at radius 2 is 1.78 bits per heavy atom. The maximum atomic E-state index is 14.2. The molecule has 1 saturated heterocycles. The number of alkyl halides is 2.